The molecule has 2 aromatic carbocycles. The van der Waals surface area contributed by atoms with Crippen LogP contribution in [0.15, 0.2) is 65.6 Å². The molecule has 0 aliphatic heterocycles. The zero-order valence-electron chi connectivity index (χ0n) is 10.7. The number of nitrogens with zero attached hydrogens (tertiary/aromatic N) is 1. The van der Waals surface area contributed by atoms with Gasteiger partial charge in [0, 0.05) is 12.6 Å². The van der Waals surface area contributed by atoms with Gasteiger partial charge < -0.3 is 0 Å². The molecule has 0 spiro atoms. The molecule has 1 atom stereocenters. The summed E-state index contributed by atoms with van der Waals surface area (Å²) < 4.78 is 14.8. The Morgan fingerprint density at radius 2 is 1.53 bits per heavy atom. The fourth-order valence-electron chi connectivity index (χ4n) is 2.12. The molecule has 0 bridgehead atoms. The smallest absolute Gasteiger partial charge is 0.128 e. The van der Waals surface area contributed by atoms with Crippen molar-refractivity contribution in [3.8, 4) is 0 Å². The van der Waals surface area contributed by atoms with Crippen molar-refractivity contribution in [1.82, 2.24) is 4.31 Å². The maximum absolute atomic E-state index is 12.7. The summed E-state index contributed by atoms with van der Waals surface area (Å²) >= 11 is 0. The molecule has 0 saturated heterocycles. The van der Waals surface area contributed by atoms with E-state index >= 15 is 0 Å². The van der Waals surface area contributed by atoms with Crippen LogP contribution in [0.5, 0.6) is 0 Å². The lowest BCUT2D eigenvalue weighted by atomic mass is 10.2. The molecule has 0 heterocycles. The van der Waals surface area contributed by atoms with Crippen LogP contribution in [-0.4, -0.2) is 14.6 Å². The van der Waals surface area contributed by atoms with Crippen molar-refractivity contribution in [2.75, 3.05) is 0 Å². The summed E-state index contributed by atoms with van der Waals surface area (Å²) in [6, 6.07) is 20.5. The number of hydrogen-bond acceptors (Lipinski definition) is 1. The topological polar surface area (TPSA) is 20.3 Å². The first-order valence-corrected chi connectivity index (χ1v) is 7.73. The molecule has 1 saturated carbocycles. The molecule has 2 nitrogen and oxygen atoms in total. The van der Waals surface area contributed by atoms with Crippen LogP contribution >= 0.6 is 0 Å². The molecule has 1 unspecified atom stereocenters. The summed E-state index contributed by atoms with van der Waals surface area (Å²) in [5, 5.41) is 0. The minimum Gasteiger partial charge on any atom is -0.237 e. The Kier molecular flexibility index (Phi) is 3.76. The molecule has 1 aliphatic rings. The molecular formula is C16H17NOS. The van der Waals surface area contributed by atoms with E-state index in [1.807, 2.05) is 48.5 Å². The molecule has 0 radical (unpaired) electrons. The SMILES string of the molecule is O=S(c1ccccc1)N(Cc1ccccc1)C1CC1. The number of hydrogen-bond donors (Lipinski definition) is 0. The zero-order valence-corrected chi connectivity index (χ0v) is 11.6. The van der Waals surface area contributed by atoms with E-state index in [0.29, 0.717) is 6.04 Å². The number of benzene rings is 2. The predicted molar refractivity (Wildman–Crippen MR) is 77.9 cm³/mol. The second kappa shape index (κ2) is 5.68. The summed E-state index contributed by atoms with van der Waals surface area (Å²) in [5.74, 6) is 0. The van der Waals surface area contributed by atoms with Gasteiger partial charge in [-0.3, -0.25) is 0 Å². The summed E-state index contributed by atoms with van der Waals surface area (Å²) in [6.45, 7) is 0.757. The fraction of sp³-hybridized carbons (Fsp3) is 0.250. The molecular weight excluding hydrogens is 254 g/mol. The largest absolute Gasteiger partial charge is 0.237 e. The minimum atomic E-state index is -1.06. The lowest BCUT2D eigenvalue weighted by Gasteiger charge is -2.20. The van der Waals surface area contributed by atoms with Crippen molar-refractivity contribution in [1.29, 1.82) is 0 Å². The first-order chi connectivity index (χ1) is 9.34. The Morgan fingerprint density at radius 3 is 2.11 bits per heavy atom. The Labute approximate surface area is 116 Å². The van der Waals surface area contributed by atoms with E-state index in [-0.39, 0.29) is 0 Å². The average Bonchev–Trinajstić information content (AvgIpc) is 3.31. The molecule has 2 aromatic rings. The summed E-state index contributed by atoms with van der Waals surface area (Å²) in [5.41, 5.74) is 1.22. The van der Waals surface area contributed by atoms with Crippen molar-refractivity contribution in [3.63, 3.8) is 0 Å². The molecule has 3 heteroatoms. The van der Waals surface area contributed by atoms with E-state index < -0.39 is 11.0 Å². The summed E-state index contributed by atoms with van der Waals surface area (Å²) in [6.07, 6.45) is 2.32. The molecule has 1 aliphatic carbocycles. The first kappa shape index (κ1) is 12.6. The van der Waals surface area contributed by atoms with Crippen molar-refractivity contribution in [2.45, 2.75) is 30.3 Å². The van der Waals surface area contributed by atoms with Gasteiger partial charge in [0.25, 0.3) is 0 Å². The van der Waals surface area contributed by atoms with Gasteiger partial charge >= 0.3 is 0 Å². The highest BCUT2D eigenvalue weighted by atomic mass is 32.2. The van der Waals surface area contributed by atoms with Gasteiger partial charge in [0.2, 0.25) is 0 Å². The van der Waals surface area contributed by atoms with Crippen molar-refractivity contribution >= 4 is 11.0 Å². The molecule has 0 aromatic heterocycles. The highest BCUT2D eigenvalue weighted by Crippen LogP contribution is 2.31. The van der Waals surface area contributed by atoms with Gasteiger partial charge in [-0.05, 0) is 30.5 Å². The normalized spacial score (nSPS) is 16.5. The van der Waals surface area contributed by atoms with Crippen molar-refractivity contribution in [3.05, 3.63) is 66.2 Å². The summed E-state index contributed by atoms with van der Waals surface area (Å²) in [7, 11) is -1.06. The monoisotopic (exact) mass is 271 g/mol. The first-order valence-electron chi connectivity index (χ1n) is 6.62. The minimum absolute atomic E-state index is 0.473. The standard InChI is InChI=1S/C16H17NOS/c18-19(16-9-5-2-6-10-16)17(15-11-12-15)13-14-7-3-1-4-8-14/h1-10,15H,11-13H2. The summed E-state index contributed by atoms with van der Waals surface area (Å²) in [4.78, 5) is 0.894. The van der Waals surface area contributed by atoms with E-state index in [1.54, 1.807) is 0 Å². The Bertz CT molecular complexity index is 551. The second-order valence-corrected chi connectivity index (χ2v) is 6.29. The highest BCUT2D eigenvalue weighted by molar-refractivity contribution is 7.82. The quantitative estimate of drug-likeness (QED) is 0.816. The molecule has 19 heavy (non-hydrogen) atoms. The van der Waals surface area contributed by atoms with Crippen molar-refractivity contribution in [2.24, 2.45) is 0 Å². The van der Waals surface area contributed by atoms with Gasteiger partial charge in [0.15, 0.2) is 0 Å². The fourth-order valence-corrected chi connectivity index (χ4v) is 3.53. The van der Waals surface area contributed by atoms with Gasteiger partial charge in [0.05, 0.1) is 4.90 Å². The van der Waals surface area contributed by atoms with Gasteiger partial charge in [-0.15, -0.1) is 0 Å². The van der Waals surface area contributed by atoms with Gasteiger partial charge in [-0.2, -0.15) is 0 Å². The van der Waals surface area contributed by atoms with Crippen LogP contribution in [0.25, 0.3) is 0 Å². The van der Waals surface area contributed by atoms with Crippen LogP contribution in [0, 0.1) is 0 Å². The highest BCUT2D eigenvalue weighted by Gasteiger charge is 2.33. The maximum Gasteiger partial charge on any atom is 0.128 e. The van der Waals surface area contributed by atoms with E-state index in [1.165, 1.54) is 5.56 Å². The molecule has 3 rings (SSSR count). The predicted octanol–water partition coefficient (Wildman–Crippen LogP) is 3.37. The molecule has 0 N–H and O–H groups in total. The molecule has 98 valence electrons. The van der Waals surface area contributed by atoms with Crippen LogP contribution in [0.2, 0.25) is 0 Å². The van der Waals surface area contributed by atoms with Crippen LogP contribution in [0.1, 0.15) is 18.4 Å². The lowest BCUT2D eigenvalue weighted by molar-refractivity contribution is 0.431. The lowest BCUT2D eigenvalue weighted by Crippen LogP contribution is -2.27. The third kappa shape index (κ3) is 3.11. The van der Waals surface area contributed by atoms with E-state index in [9.17, 15) is 4.21 Å². The molecule has 1 fully saturated rings. The third-order valence-electron chi connectivity index (χ3n) is 3.29. The zero-order chi connectivity index (χ0) is 13.1. The van der Waals surface area contributed by atoms with Crippen LogP contribution in [0.3, 0.4) is 0 Å². The second-order valence-electron chi connectivity index (χ2n) is 4.85. The Morgan fingerprint density at radius 1 is 0.947 bits per heavy atom. The number of rotatable bonds is 5. The van der Waals surface area contributed by atoms with E-state index in [2.05, 4.69) is 16.4 Å². The molecule has 0 amide bonds. The van der Waals surface area contributed by atoms with E-state index in [0.717, 1.165) is 24.3 Å². The Hall–Kier alpha value is -1.45. The van der Waals surface area contributed by atoms with Crippen LogP contribution in [-0.2, 0) is 17.5 Å². The van der Waals surface area contributed by atoms with Crippen LogP contribution < -0.4 is 0 Å². The Balaban J connectivity index is 1.80. The van der Waals surface area contributed by atoms with Gasteiger partial charge in [0.1, 0.15) is 11.0 Å². The maximum atomic E-state index is 12.7. The van der Waals surface area contributed by atoms with E-state index in [4.69, 9.17) is 0 Å². The third-order valence-corrected chi connectivity index (χ3v) is 4.82. The van der Waals surface area contributed by atoms with Crippen LogP contribution in [0.4, 0.5) is 0 Å². The van der Waals surface area contributed by atoms with Crippen molar-refractivity contribution < 1.29 is 4.21 Å². The van der Waals surface area contributed by atoms with Gasteiger partial charge in [-0.25, -0.2) is 8.51 Å². The van der Waals surface area contributed by atoms with Gasteiger partial charge in [-0.1, -0.05) is 48.5 Å². The average molecular weight is 271 g/mol.